The molecule has 0 aliphatic carbocycles. The Morgan fingerprint density at radius 3 is 2.58 bits per heavy atom. The fourth-order valence-corrected chi connectivity index (χ4v) is 2.29. The zero-order valence-electron chi connectivity index (χ0n) is 12.0. The summed E-state index contributed by atoms with van der Waals surface area (Å²) in [5.74, 6) is 0.717. The lowest BCUT2D eigenvalue weighted by Gasteiger charge is -2.28. The zero-order valence-corrected chi connectivity index (χ0v) is 12.8. The molecule has 0 bridgehead atoms. The highest BCUT2D eigenvalue weighted by atomic mass is 32.2. The molecule has 2 atom stereocenters. The summed E-state index contributed by atoms with van der Waals surface area (Å²) < 4.78 is 5.20. The fourth-order valence-electron chi connectivity index (χ4n) is 1.40. The molecule has 1 aromatic heterocycles. The molecule has 0 aliphatic rings. The van der Waals surface area contributed by atoms with E-state index in [0.29, 0.717) is 0 Å². The minimum Gasteiger partial charge on any atom is -0.468 e. The van der Waals surface area contributed by atoms with Gasteiger partial charge in [0.2, 0.25) is 5.91 Å². The predicted molar refractivity (Wildman–Crippen MR) is 75.8 cm³/mol. The van der Waals surface area contributed by atoms with Crippen LogP contribution in [0.1, 0.15) is 33.5 Å². The molecule has 1 amide bonds. The number of nitrogens with zero attached hydrogens (tertiary/aromatic N) is 1. The molecule has 0 saturated carbocycles. The molecule has 5 heteroatoms. The molecule has 2 unspecified atom stereocenters. The predicted octanol–water partition coefficient (Wildman–Crippen LogP) is 3.12. The molecule has 0 saturated heterocycles. The third-order valence-corrected chi connectivity index (χ3v) is 4.50. The summed E-state index contributed by atoms with van der Waals surface area (Å²) in [5.41, 5.74) is -0.836. The first-order valence-electron chi connectivity index (χ1n) is 6.24. The second-order valence-electron chi connectivity index (χ2n) is 5.06. The van der Waals surface area contributed by atoms with Crippen molar-refractivity contribution in [1.29, 1.82) is 5.26 Å². The summed E-state index contributed by atoms with van der Waals surface area (Å²) in [7, 11) is 0. The van der Waals surface area contributed by atoms with E-state index in [0.717, 1.165) is 10.7 Å². The lowest BCUT2D eigenvalue weighted by molar-refractivity contribution is -0.121. The van der Waals surface area contributed by atoms with E-state index >= 15 is 0 Å². The topological polar surface area (TPSA) is 66.0 Å². The fraction of sp³-hybridized carbons (Fsp3) is 0.571. The number of carbonyl (C=O) groups is 1. The van der Waals surface area contributed by atoms with Crippen molar-refractivity contribution in [2.24, 2.45) is 5.92 Å². The first-order chi connectivity index (χ1) is 8.80. The van der Waals surface area contributed by atoms with E-state index in [1.165, 1.54) is 11.8 Å². The molecule has 0 aliphatic heterocycles. The second kappa shape index (κ2) is 6.16. The summed E-state index contributed by atoms with van der Waals surface area (Å²) in [4.78, 5) is 13.1. The Labute approximate surface area is 118 Å². The molecule has 1 N–H and O–H groups in total. The minimum absolute atomic E-state index is 0.0503. The average molecular weight is 280 g/mol. The first kappa shape index (κ1) is 15.6. The van der Waals surface area contributed by atoms with Crippen molar-refractivity contribution in [2.75, 3.05) is 0 Å². The highest BCUT2D eigenvalue weighted by Crippen LogP contribution is 2.28. The number of hydrogen-bond acceptors (Lipinski definition) is 4. The lowest BCUT2D eigenvalue weighted by Crippen LogP contribution is -2.51. The molecular formula is C14H20N2O2S. The molecule has 4 nitrogen and oxygen atoms in total. The van der Waals surface area contributed by atoms with Crippen LogP contribution in [0.5, 0.6) is 0 Å². The quantitative estimate of drug-likeness (QED) is 0.842. The Morgan fingerprint density at radius 1 is 1.53 bits per heavy atom. The van der Waals surface area contributed by atoms with Crippen molar-refractivity contribution in [2.45, 2.75) is 50.3 Å². The maximum absolute atomic E-state index is 12.1. The number of rotatable bonds is 5. The SMILES string of the molecule is Cc1occc1SC(C)C(=O)NC(C)(C#N)C(C)C. The molecular weight excluding hydrogens is 260 g/mol. The summed E-state index contributed by atoms with van der Waals surface area (Å²) in [5, 5.41) is 11.7. The molecule has 1 rings (SSSR count). The van der Waals surface area contributed by atoms with Crippen molar-refractivity contribution >= 4 is 17.7 Å². The number of nitrogens with one attached hydrogen (secondary N) is 1. The van der Waals surface area contributed by atoms with Crippen molar-refractivity contribution in [3.05, 3.63) is 18.1 Å². The van der Waals surface area contributed by atoms with Gasteiger partial charge in [-0.15, -0.1) is 11.8 Å². The van der Waals surface area contributed by atoms with Gasteiger partial charge in [-0.3, -0.25) is 4.79 Å². The summed E-state index contributed by atoms with van der Waals surface area (Å²) in [6.07, 6.45) is 1.61. The van der Waals surface area contributed by atoms with Gasteiger partial charge in [-0.2, -0.15) is 5.26 Å². The Kier molecular flexibility index (Phi) is 5.07. The number of carbonyl (C=O) groups excluding carboxylic acids is 1. The number of thioether (sulfide) groups is 1. The van der Waals surface area contributed by atoms with E-state index in [4.69, 9.17) is 4.42 Å². The number of hydrogen-bond donors (Lipinski definition) is 1. The Morgan fingerprint density at radius 2 is 2.16 bits per heavy atom. The molecule has 0 aromatic carbocycles. The van der Waals surface area contributed by atoms with Gasteiger partial charge in [0.05, 0.1) is 17.6 Å². The first-order valence-corrected chi connectivity index (χ1v) is 7.12. The van der Waals surface area contributed by atoms with Gasteiger partial charge in [-0.25, -0.2) is 0 Å². The van der Waals surface area contributed by atoms with Crippen LogP contribution in [0.25, 0.3) is 0 Å². The van der Waals surface area contributed by atoms with Crippen LogP contribution in [-0.4, -0.2) is 16.7 Å². The Bertz CT molecular complexity index is 490. The van der Waals surface area contributed by atoms with Crippen LogP contribution in [0.15, 0.2) is 21.6 Å². The Hall–Kier alpha value is -1.41. The van der Waals surface area contributed by atoms with Gasteiger partial charge in [0, 0.05) is 4.90 Å². The summed E-state index contributed by atoms with van der Waals surface area (Å²) in [6, 6.07) is 4.02. The van der Waals surface area contributed by atoms with Crippen molar-refractivity contribution < 1.29 is 9.21 Å². The van der Waals surface area contributed by atoms with Crippen molar-refractivity contribution in [1.82, 2.24) is 5.32 Å². The van der Waals surface area contributed by atoms with Crippen LogP contribution in [0, 0.1) is 24.2 Å². The van der Waals surface area contributed by atoms with Crippen molar-refractivity contribution in [3.63, 3.8) is 0 Å². The van der Waals surface area contributed by atoms with Crippen LogP contribution < -0.4 is 5.32 Å². The maximum atomic E-state index is 12.1. The Balaban J connectivity index is 2.69. The van der Waals surface area contributed by atoms with Crippen LogP contribution in [0.2, 0.25) is 0 Å². The van der Waals surface area contributed by atoms with Crippen LogP contribution >= 0.6 is 11.8 Å². The number of amides is 1. The van der Waals surface area contributed by atoms with E-state index in [2.05, 4.69) is 11.4 Å². The van der Waals surface area contributed by atoms with Gasteiger partial charge < -0.3 is 9.73 Å². The third-order valence-electron chi connectivity index (χ3n) is 3.25. The summed E-state index contributed by atoms with van der Waals surface area (Å²) >= 11 is 1.43. The highest BCUT2D eigenvalue weighted by molar-refractivity contribution is 8.00. The van der Waals surface area contributed by atoms with Gasteiger partial charge in [-0.05, 0) is 32.8 Å². The molecule has 0 fully saturated rings. The van der Waals surface area contributed by atoms with Gasteiger partial charge in [-0.1, -0.05) is 13.8 Å². The van der Waals surface area contributed by atoms with E-state index < -0.39 is 5.54 Å². The van der Waals surface area contributed by atoms with Crippen LogP contribution in [-0.2, 0) is 4.79 Å². The minimum atomic E-state index is -0.836. The van der Waals surface area contributed by atoms with E-state index in [1.807, 2.05) is 33.8 Å². The molecule has 1 aromatic rings. The number of furan rings is 1. The number of nitriles is 1. The molecule has 1 heterocycles. The maximum Gasteiger partial charge on any atom is 0.234 e. The molecule has 0 spiro atoms. The third kappa shape index (κ3) is 3.77. The number of aryl methyl sites for hydroxylation is 1. The van der Waals surface area contributed by atoms with Crippen molar-refractivity contribution in [3.8, 4) is 6.07 Å². The summed E-state index contributed by atoms with van der Waals surface area (Å²) in [6.45, 7) is 9.27. The molecule has 19 heavy (non-hydrogen) atoms. The lowest BCUT2D eigenvalue weighted by atomic mass is 9.90. The van der Waals surface area contributed by atoms with Gasteiger partial charge in [0.25, 0.3) is 0 Å². The van der Waals surface area contributed by atoms with Gasteiger partial charge in [0.1, 0.15) is 11.3 Å². The van der Waals surface area contributed by atoms with E-state index in [9.17, 15) is 10.1 Å². The van der Waals surface area contributed by atoms with Crippen LogP contribution in [0.4, 0.5) is 0 Å². The monoisotopic (exact) mass is 280 g/mol. The second-order valence-corrected chi connectivity index (χ2v) is 6.44. The molecule has 0 radical (unpaired) electrons. The molecule has 104 valence electrons. The highest BCUT2D eigenvalue weighted by Gasteiger charge is 2.31. The zero-order chi connectivity index (χ0) is 14.6. The largest absolute Gasteiger partial charge is 0.468 e. The normalized spacial score (nSPS) is 15.6. The van der Waals surface area contributed by atoms with Gasteiger partial charge >= 0.3 is 0 Å². The average Bonchev–Trinajstić information content (AvgIpc) is 2.74. The van der Waals surface area contributed by atoms with Crippen LogP contribution in [0.3, 0.4) is 0 Å². The smallest absolute Gasteiger partial charge is 0.234 e. The van der Waals surface area contributed by atoms with E-state index in [1.54, 1.807) is 13.2 Å². The van der Waals surface area contributed by atoms with E-state index in [-0.39, 0.29) is 17.1 Å². The van der Waals surface area contributed by atoms with Gasteiger partial charge in [0.15, 0.2) is 0 Å². The standard InChI is InChI=1S/C14H20N2O2S/c1-9(2)14(5,8-15)16-13(17)11(4)19-12-6-7-18-10(12)3/h6-7,9,11H,1-5H3,(H,16,17).